The summed E-state index contributed by atoms with van der Waals surface area (Å²) in [4.78, 5) is 21.7. The standard InChI is InChI=1S/C7H13N3O2/c1-4(6(8)11)10-7(12)5-2-9-3-5/h4-5,9H,2-3H2,1H3,(H2,8,11)(H,10,12). The summed E-state index contributed by atoms with van der Waals surface area (Å²) in [5.41, 5.74) is 4.97. The van der Waals surface area contributed by atoms with E-state index in [1.54, 1.807) is 6.92 Å². The number of rotatable bonds is 3. The van der Waals surface area contributed by atoms with Crippen molar-refractivity contribution in [3.8, 4) is 0 Å². The number of carbonyl (C=O) groups excluding carboxylic acids is 2. The van der Waals surface area contributed by atoms with E-state index < -0.39 is 11.9 Å². The maximum absolute atomic E-state index is 11.2. The smallest absolute Gasteiger partial charge is 0.239 e. The molecule has 1 rings (SSSR count). The number of carbonyl (C=O) groups is 2. The van der Waals surface area contributed by atoms with E-state index in [0.717, 1.165) is 0 Å². The summed E-state index contributed by atoms with van der Waals surface area (Å²) in [6, 6.07) is -0.571. The van der Waals surface area contributed by atoms with Crippen LogP contribution >= 0.6 is 0 Å². The summed E-state index contributed by atoms with van der Waals surface area (Å²) in [6.07, 6.45) is 0. The third kappa shape index (κ3) is 1.94. The highest BCUT2D eigenvalue weighted by Gasteiger charge is 2.26. The lowest BCUT2D eigenvalue weighted by Crippen LogP contribution is -2.54. The minimum atomic E-state index is -0.571. The molecule has 0 radical (unpaired) electrons. The van der Waals surface area contributed by atoms with E-state index in [-0.39, 0.29) is 11.8 Å². The molecule has 1 fully saturated rings. The van der Waals surface area contributed by atoms with Gasteiger partial charge in [-0.15, -0.1) is 0 Å². The summed E-state index contributed by atoms with van der Waals surface area (Å²) in [5.74, 6) is -0.595. The van der Waals surface area contributed by atoms with Gasteiger partial charge in [-0.3, -0.25) is 9.59 Å². The van der Waals surface area contributed by atoms with Crippen LogP contribution in [0.2, 0.25) is 0 Å². The molecule has 1 unspecified atom stereocenters. The quantitative estimate of drug-likeness (QED) is 0.468. The molecule has 2 amide bonds. The fraction of sp³-hybridized carbons (Fsp3) is 0.714. The molecule has 1 aliphatic rings. The van der Waals surface area contributed by atoms with Gasteiger partial charge in [0, 0.05) is 13.1 Å². The molecular formula is C7H13N3O2. The summed E-state index contributed by atoms with van der Waals surface area (Å²) < 4.78 is 0. The zero-order valence-electron chi connectivity index (χ0n) is 6.96. The van der Waals surface area contributed by atoms with Gasteiger partial charge in [-0.1, -0.05) is 0 Å². The van der Waals surface area contributed by atoms with Crippen molar-refractivity contribution in [3.05, 3.63) is 0 Å². The molecular weight excluding hydrogens is 158 g/mol. The molecule has 1 aliphatic heterocycles. The topological polar surface area (TPSA) is 84.2 Å². The summed E-state index contributed by atoms with van der Waals surface area (Å²) >= 11 is 0. The zero-order valence-corrected chi connectivity index (χ0v) is 6.96. The van der Waals surface area contributed by atoms with E-state index in [9.17, 15) is 9.59 Å². The first-order valence-electron chi connectivity index (χ1n) is 3.91. The Labute approximate surface area is 70.7 Å². The van der Waals surface area contributed by atoms with Crippen LogP contribution in [0.25, 0.3) is 0 Å². The van der Waals surface area contributed by atoms with Crippen molar-refractivity contribution in [2.45, 2.75) is 13.0 Å². The number of amides is 2. The normalized spacial score (nSPS) is 19.4. The largest absolute Gasteiger partial charge is 0.368 e. The van der Waals surface area contributed by atoms with Crippen LogP contribution in [0.5, 0.6) is 0 Å². The molecule has 0 aliphatic carbocycles. The monoisotopic (exact) mass is 171 g/mol. The average molecular weight is 171 g/mol. The summed E-state index contributed by atoms with van der Waals surface area (Å²) in [6.45, 7) is 2.96. The van der Waals surface area contributed by atoms with E-state index in [2.05, 4.69) is 10.6 Å². The Morgan fingerprint density at radius 3 is 2.50 bits per heavy atom. The second-order valence-corrected chi connectivity index (χ2v) is 2.99. The Morgan fingerprint density at radius 2 is 2.17 bits per heavy atom. The number of nitrogens with one attached hydrogen (secondary N) is 2. The first-order chi connectivity index (χ1) is 5.61. The predicted octanol–water partition coefficient (Wildman–Crippen LogP) is -1.80. The minimum absolute atomic E-state index is 0.00630. The van der Waals surface area contributed by atoms with Crippen LogP contribution in [0.1, 0.15) is 6.92 Å². The van der Waals surface area contributed by atoms with E-state index in [4.69, 9.17) is 5.73 Å². The van der Waals surface area contributed by atoms with Crippen molar-refractivity contribution in [1.29, 1.82) is 0 Å². The maximum atomic E-state index is 11.2. The Balaban J connectivity index is 2.29. The Kier molecular flexibility index (Phi) is 2.65. The van der Waals surface area contributed by atoms with Crippen LogP contribution in [0, 0.1) is 5.92 Å². The summed E-state index contributed by atoms with van der Waals surface area (Å²) in [5, 5.41) is 5.50. The van der Waals surface area contributed by atoms with E-state index in [0.29, 0.717) is 13.1 Å². The van der Waals surface area contributed by atoms with Gasteiger partial charge in [-0.25, -0.2) is 0 Å². The van der Waals surface area contributed by atoms with Gasteiger partial charge in [0.25, 0.3) is 0 Å². The fourth-order valence-electron chi connectivity index (χ4n) is 0.876. The van der Waals surface area contributed by atoms with Crippen molar-refractivity contribution >= 4 is 11.8 Å². The van der Waals surface area contributed by atoms with Crippen LogP contribution in [-0.4, -0.2) is 30.9 Å². The van der Waals surface area contributed by atoms with Crippen molar-refractivity contribution in [2.24, 2.45) is 11.7 Å². The fourth-order valence-corrected chi connectivity index (χ4v) is 0.876. The third-order valence-electron chi connectivity index (χ3n) is 1.94. The second-order valence-electron chi connectivity index (χ2n) is 2.99. The van der Waals surface area contributed by atoms with Crippen molar-refractivity contribution in [3.63, 3.8) is 0 Å². The Bertz CT molecular complexity index is 201. The molecule has 68 valence electrons. The summed E-state index contributed by atoms with van der Waals surface area (Å²) in [7, 11) is 0. The molecule has 0 aromatic heterocycles. The van der Waals surface area contributed by atoms with Crippen molar-refractivity contribution in [1.82, 2.24) is 10.6 Å². The van der Waals surface area contributed by atoms with Gasteiger partial charge in [0.15, 0.2) is 0 Å². The second kappa shape index (κ2) is 3.53. The van der Waals surface area contributed by atoms with Crippen LogP contribution in [0.15, 0.2) is 0 Å². The highest BCUT2D eigenvalue weighted by atomic mass is 16.2. The lowest BCUT2D eigenvalue weighted by atomic mass is 10.0. The molecule has 1 saturated heterocycles. The van der Waals surface area contributed by atoms with Crippen molar-refractivity contribution in [2.75, 3.05) is 13.1 Å². The third-order valence-corrected chi connectivity index (χ3v) is 1.94. The van der Waals surface area contributed by atoms with Gasteiger partial charge in [0.2, 0.25) is 11.8 Å². The zero-order chi connectivity index (χ0) is 9.14. The first kappa shape index (κ1) is 8.99. The van der Waals surface area contributed by atoms with Crippen LogP contribution in [-0.2, 0) is 9.59 Å². The Morgan fingerprint density at radius 1 is 1.58 bits per heavy atom. The SMILES string of the molecule is CC(NC(=O)C1CNC1)C(N)=O. The molecule has 0 aromatic rings. The lowest BCUT2D eigenvalue weighted by molar-refractivity contribution is -0.130. The molecule has 1 atom stereocenters. The molecule has 0 bridgehead atoms. The molecule has 4 N–H and O–H groups in total. The van der Waals surface area contributed by atoms with Gasteiger partial charge in [-0.05, 0) is 6.92 Å². The Hall–Kier alpha value is -1.10. The molecule has 0 saturated carbocycles. The lowest BCUT2D eigenvalue weighted by Gasteiger charge is -2.26. The van der Waals surface area contributed by atoms with Crippen LogP contribution in [0.3, 0.4) is 0 Å². The van der Waals surface area contributed by atoms with Gasteiger partial charge >= 0.3 is 0 Å². The molecule has 0 spiro atoms. The predicted molar refractivity (Wildman–Crippen MR) is 43.2 cm³/mol. The molecule has 1 heterocycles. The van der Waals surface area contributed by atoms with E-state index >= 15 is 0 Å². The van der Waals surface area contributed by atoms with Gasteiger partial charge < -0.3 is 16.4 Å². The highest BCUT2D eigenvalue weighted by molar-refractivity contribution is 5.87. The van der Waals surface area contributed by atoms with Gasteiger partial charge in [0.05, 0.1) is 5.92 Å². The molecule has 12 heavy (non-hydrogen) atoms. The van der Waals surface area contributed by atoms with Gasteiger partial charge in [0.1, 0.15) is 6.04 Å². The highest BCUT2D eigenvalue weighted by Crippen LogP contribution is 2.02. The van der Waals surface area contributed by atoms with E-state index in [1.807, 2.05) is 0 Å². The first-order valence-corrected chi connectivity index (χ1v) is 3.91. The molecule has 5 nitrogen and oxygen atoms in total. The molecule has 5 heteroatoms. The molecule has 0 aromatic carbocycles. The number of primary amides is 1. The van der Waals surface area contributed by atoms with Crippen LogP contribution < -0.4 is 16.4 Å². The number of hydrogen-bond donors (Lipinski definition) is 3. The number of nitrogens with two attached hydrogens (primary N) is 1. The van der Waals surface area contributed by atoms with Crippen molar-refractivity contribution < 1.29 is 9.59 Å². The number of hydrogen-bond acceptors (Lipinski definition) is 3. The average Bonchev–Trinajstić information content (AvgIpc) is 1.82. The van der Waals surface area contributed by atoms with E-state index in [1.165, 1.54) is 0 Å². The maximum Gasteiger partial charge on any atom is 0.239 e. The van der Waals surface area contributed by atoms with Gasteiger partial charge in [-0.2, -0.15) is 0 Å². The van der Waals surface area contributed by atoms with Crippen LogP contribution in [0.4, 0.5) is 0 Å². The minimum Gasteiger partial charge on any atom is -0.368 e.